The van der Waals surface area contributed by atoms with Gasteiger partial charge in [-0.1, -0.05) is 115 Å². The first-order chi connectivity index (χ1) is 27.2. The van der Waals surface area contributed by atoms with Gasteiger partial charge >= 0.3 is 0 Å². The number of aliphatic imine (C=N–C) groups is 2. The molecule has 7 heteroatoms. The molecule has 7 aromatic rings. The zero-order valence-electron chi connectivity index (χ0n) is 30.1. The Morgan fingerprint density at radius 3 is 1.29 bits per heavy atom. The average molecular weight is 711 g/mol. The van der Waals surface area contributed by atoms with E-state index in [9.17, 15) is 0 Å². The van der Waals surface area contributed by atoms with Gasteiger partial charge in [0.15, 0.2) is 0 Å². The Balaban J connectivity index is 0.882. The van der Waals surface area contributed by atoms with Crippen molar-refractivity contribution < 1.29 is 9.47 Å². The zero-order valence-corrected chi connectivity index (χ0v) is 30.1. The van der Waals surface area contributed by atoms with Crippen molar-refractivity contribution in [1.29, 1.82) is 0 Å². The van der Waals surface area contributed by atoms with Crippen LogP contribution in [0.3, 0.4) is 0 Å². The van der Waals surface area contributed by atoms with Crippen molar-refractivity contribution in [3.05, 3.63) is 175 Å². The van der Waals surface area contributed by atoms with E-state index in [1.807, 2.05) is 18.2 Å². The maximum atomic E-state index is 6.64. The summed E-state index contributed by atoms with van der Waals surface area (Å²) in [6.45, 7) is 3.35. The topological polar surface area (TPSA) is 49.7 Å². The van der Waals surface area contributed by atoms with E-state index in [-0.39, 0.29) is 6.71 Å². The Morgan fingerprint density at radius 1 is 0.400 bits per heavy atom. The van der Waals surface area contributed by atoms with E-state index in [4.69, 9.17) is 19.5 Å². The monoisotopic (exact) mass is 710 g/mol. The first-order valence-electron chi connectivity index (χ1n) is 19.0. The van der Waals surface area contributed by atoms with Crippen LogP contribution < -0.4 is 35.7 Å². The lowest BCUT2D eigenvalue weighted by molar-refractivity contribution is 0.464. The van der Waals surface area contributed by atoms with Gasteiger partial charge in [-0.25, -0.2) is 0 Å². The molecule has 4 aliphatic rings. The maximum absolute atomic E-state index is 6.64. The number of hydrogen-bond donors (Lipinski definition) is 0. The molecule has 4 heterocycles. The number of rotatable bonds is 6. The lowest BCUT2D eigenvalue weighted by Gasteiger charge is -2.33. The summed E-state index contributed by atoms with van der Waals surface area (Å²) in [5.41, 5.74) is 12.5. The second kappa shape index (κ2) is 12.9. The predicted octanol–water partition coefficient (Wildman–Crippen LogP) is 8.28. The molecule has 0 bridgehead atoms. The molecule has 0 N–H and O–H groups in total. The lowest BCUT2D eigenvalue weighted by Crippen LogP contribution is -2.57. The third kappa shape index (κ3) is 5.42. The molecule has 55 heavy (non-hydrogen) atoms. The molecule has 0 saturated heterocycles. The van der Waals surface area contributed by atoms with Gasteiger partial charge in [0.2, 0.25) is 0 Å². The minimum absolute atomic E-state index is 0.00303. The van der Waals surface area contributed by atoms with Crippen molar-refractivity contribution in [3.8, 4) is 45.3 Å². The largest absolute Gasteiger partial charge is 0.458 e. The van der Waals surface area contributed by atoms with Crippen LogP contribution in [-0.4, -0.2) is 44.6 Å². The molecule has 0 fully saturated rings. The average Bonchev–Trinajstić information content (AvgIpc) is 3.96. The molecule has 0 unspecified atom stereocenters. The Morgan fingerprint density at radius 2 is 0.836 bits per heavy atom. The molecule has 0 aliphatic carbocycles. The Labute approximate surface area is 320 Å². The molecule has 0 radical (unpaired) electrons. The van der Waals surface area contributed by atoms with Crippen LogP contribution in [0.2, 0.25) is 0 Å². The van der Waals surface area contributed by atoms with Crippen LogP contribution in [0.5, 0.6) is 23.0 Å². The first-order valence-corrected chi connectivity index (χ1v) is 19.0. The van der Waals surface area contributed by atoms with Crippen LogP contribution >= 0.6 is 0 Å². The number of hydrogen-bond acceptors (Lipinski definition) is 6. The van der Waals surface area contributed by atoms with Crippen LogP contribution in [0.25, 0.3) is 22.3 Å². The van der Waals surface area contributed by atoms with Crippen molar-refractivity contribution in [2.45, 2.75) is 0 Å². The minimum Gasteiger partial charge on any atom is -0.458 e. The van der Waals surface area contributed by atoms with E-state index in [1.165, 1.54) is 0 Å². The Bertz CT molecular complexity index is 2480. The van der Waals surface area contributed by atoms with Crippen molar-refractivity contribution >= 4 is 46.1 Å². The smallest absolute Gasteiger partial charge is 0.260 e. The summed E-state index contributed by atoms with van der Waals surface area (Å²) in [4.78, 5) is 14.2. The molecule has 7 aromatic carbocycles. The van der Waals surface area contributed by atoms with Crippen molar-refractivity contribution in [2.75, 3.05) is 36.0 Å². The van der Waals surface area contributed by atoms with Crippen LogP contribution in [0.15, 0.2) is 174 Å². The minimum atomic E-state index is 0.00303. The highest BCUT2D eigenvalue weighted by atomic mass is 16.5. The van der Waals surface area contributed by atoms with Crippen LogP contribution in [-0.2, 0) is 0 Å². The van der Waals surface area contributed by atoms with Gasteiger partial charge < -0.3 is 19.3 Å². The van der Waals surface area contributed by atoms with Gasteiger partial charge in [-0.15, -0.1) is 0 Å². The number of ether oxygens (including phenoxy) is 2. The summed E-state index contributed by atoms with van der Waals surface area (Å²) in [5.74, 6) is 5.50. The second-order valence-electron chi connectivity index (χ2n) is 14.4. The van der Waals surface area contributed by atoms with Gasteiger partial charge in [-0.3, -0.25) is 9.98 Å². The van der Waals surface area contributed by atoms with E-state index in [0.717, 1.165) is 122 Å². The molecule has 11 rings (SSSR count). The number of anilines is 2. The molecular weight excluding hydrogens is 675 g/mol. The molecule has 0 saturated carbocycles. The van der Waals surface area contributed by atoms with Crippen molar-refractivity contribution in [2.24, 2.45) is 9.98 Å². The molecule has 6 nitrogen and oxygen atoms in total. The van der Waals surface area contributed by atoms with Gasteiger partial charge in [0, 0.05) is 41.1 Å². The van der Waals surface area contributed by atoms with Crippen LogP contribution in [0.1, 0.15) is 11.1 Å². The summed E-state index contributed by atoms with van der Waals surface area (Å²) < 4.78 is 13.3. The van der Waals surface area contributed by atoms with Crippen LogP contribution in [0.4, 0.5) is 11.4 Å². The summed E-state index contributed by atoms with van der Waals surface area (Å²) in [5, 5.41) is 0. The van der Waals surface area contributed by atoms with E-state index in [2.05, 4.69) is 155 Å². The third-order valence-corrected chi connectivity index (χ3v) is 11.2. The fourth-order valence-corrected chi connectivity index (χ4v) is 8.52. The van der Waals surface area contributed by atoms with E-state index in [0.29, 0.717) is 0 Å². The summed E-state index contributed by atoms with van der Waals surface area (Å²) in [7, 11) is 0. The summed E-state index contributed by atoms with van der Waals surface area (Å²) in [6.07, 6.45) is 0. The quantitative estimate of drug-likeness (QED) is 0.163. The molecule has 262 valence electrons. The van der Waals surface area contributed by atoms with Gasteiger partial charge in [0.1, 0.15) is 34.7 Å². The third-order valence-electron chi connectivity index (χ3n) is 11.2. The molecule has 0 amide bonds. The van der Waals surface area contributed by atoms with Gasteiger partial charge in [0.25, 0.3) is 6.71 Å². The molecular formula is C48H35BN4O2. The van der Waals surface area contributed by atoms with Crippen molar-refractivity contribution in [3.63, 3.8) is 0 Å². The SMILES string of the molecule is c1ccc(C2=NCCN2c2ccc(-c3ccc4c(c3)Oc3cccc5c3B4c3ccc(-c4ccc(N6CCN=C6c6ccccc6)cc4)cc3O5)cc2)cc1. The van der Waals surface area contributed by atoms with E-state index >= 15 is 0 Å². The summed E-state index contributed by atoms with van der Waals surface area (Å²) in [6, 6.07) is 57.8. The number of fused-ring (bicyclic) bond motifs is 4. The maximum Gasteiger partial charge on any atom is 0.260 e. The normalized spacial score (nSPS) is 15.0. The zero-order chi connectivity index (χ0) is 36.3. The molecule has 0 aromatic heterocycles. The summed E-state index contributed by atoms with van der Waals surface area (Å²) >= 11 is 0. The second-order valence-corrected chi connectivity index (χ2v) is 14.4. The standard InChI is InChI=1S/C48H35BN4O2/c1-3-8-34(9-4-1)47-50-26-28-52(47)38-20-14-32(15-21-38)36-18-24-40-44(30-36)54-42-12-7-13-43-46(42)49(40)41-25-19-37(31-45(41)55-43)33-16-22-39(23-17-33)53-29-27-51-48(53)35-10-5-2-6-11-35/h1-25,30-31H,26-29H2. The lowest BCUT2D eigenvalue weighted by atomic mass is 9.35. The molecule has 0 atom stereocenters. The number of amidine groups is 2. The number of benzene rings is 7. The van der Waals surface area contributed by atoms with Crippen molar-refractivity contribution in [1.82, 2.24) is 0 Å². The van der Waals surface area contributed by atoms with Gasteiger partial charge in [0.05, 0.1) is 13.1 Å². The highest BCUT2D eigenvalue weighted by Gasteiger charge is 2.40. The van der Waals surface area contributed by atoms with Crippen LogP contribution in [0, 0.1) is 0 Å². The Kier molecular flexibility index (Phi) is 7.44. The predicted molar refractivity (Wildman–Crippen MR) is 225 cm³/mol. The van der Waals surface area contributed by atoms with Gasteiger partial charge in [-0.2, -0.15) is 0 Å². The highest BCUT2D eigenvalue weighted by Crippen LogP contribution is 2.38. The molecule has 4 aliphatic heterocycles. The van der Waals surface area contributed by atoms with E-state index in [1.54, 1.807) is 0 Å². The fraction of sp³-hybridized carbons (Fsp3) is 0.0833. The molecule has 0 spiro atoms. The first kappa shape index (κ1) is 31.7. The highest BCUT2D eigenvalue weighted by molar-refractivity contribution is 6.98. The fourth-order valence-electron chi connectivity index (χ4n) is 8.52. The van der Waals surface area contributed by atoms with E-state index < -0.39 is 0 Å². The van der Waals surface area contributed by atoms with Gasteiger partial charge in [-0.05, 0) is 81.7 Å². The Hall–Kier alpha value is -6.86. The number of nitrogens with zero attached hydrogens (tertiary/aromatic N) is 4.